The lowest BCUT2D eigenvalue weighted by molar-refractivity contribution is -0.119. The van der Waals surface area contributed by atoms with Crippen LogP contribution < -0.4 is 16.2 Å². The van der Waals surface area contributed by atoms with Crippen molar-refractivity contribution in [1.29, 1.82) is 0 Å². The smallest absolute Gasteiger partial charge is 0.275 e. The van der Waals surface area contributed by atoms with Gasteiger partial charge < -0.3 is 10.6 Å². The van der Waals surface area contributed by atoms with E-state index in [1.807, 2.05) is 26.0 Å². The van der Waals surface area contributed by atoms with Crippen molar-refractivity contribution in [1.82, 2.24) is 9.78 Å². The number of benzene rings is 2. The molecule has 0 bridgehead atoms. The molecule has 1 aromatic heterocycles. The van der Waals surface area contributed by atoms with Gasteiger partial charge in [-0.15, -0.1) is 0 Å². The van der Waals surface area contributed by atoms with Crippen molar-refractivity contribution in [2.45, 2.75) is 27.3 Å². The lowest BCUT2D eigenvalue weighted by atomic mass is 10.1. The van der Waals surface area contributed by atoms with Crippen LogP contribution in [-0.4, -0.2) is 21.6 Å². The Morgan fingerprint density at radius 1 is 0.964 bits per heavy atom. The van der Waals surface area contributed by atoms with Crippen LogP contribution in [0.15, 0.2) is 53.3 Å². The molecule has 28 heavy (non-hydrogen) atoms. The summed E-state index contributed by atoms with van der Waals surface area (Å²) in [5.41, 5.74) is 1.61. The zero-order valence-corrected chi connectivity index (χ0v) is 16.0. The van der Waals surface area contributed by atoms with Crippen molar-refractivity contribution in [3.05, 3.63) is 64.6 Å². The molecule has 0 aliphatic heterocycles. The number of aryl methyl sites for hydroxylation is 1. The highest BCUT2D eigenvalue weighted by Gasteiger charge is 2.11. The van der Waals surface area contributed by atoms with E-state index in [9.17, 15) is 14.4 Å². The molecule has 144 valence electrons. The maximum atomic E-state index is 12.6. The van der Waals surface area contributed by atoms with E-state index in [4.69, 9.17) is 0 Å². The van der Waals surface area contributed by atoms with Crippen LogP contribution in [0.3, 0.4) is 0 Å². The Morgan fingerprint density at radius 3 is 2.14 bits per heavy atom. The highest BCUT2D eigenvalue weighted by Crippen LogP contribution is 2.15. The van der Waals surface area contributed by atoms with Crippen LogP contribution in [0, 0.1) is 12.8 Å². The third kappa shape index (κ3) is 4.25. The summed E-state index contributed by atoms with van der Waals surface area (Å²) in [6.07, 6.45) is 0. The summed E-state index contributed by atoms with van der Waals surface area (Å²) in [5, 5.41) is 11.1. The van der Waals surface area contributed by atoms with Gasteiger partial charge in [0.25, 0.3) is 5.56 Å². The first-order valence-corrected chi connectivity index (χ1v) is 9.02. The summed E-state index contributed by atoms with van der Waals surface area (Å²) in [7, 11) is 0. The maximum Gasteiger partial charge on any atom is 0.275 e. The second-order valence-corrected chi connectivity index (χ2v) is 6.86. The molecule has 0 unspecified atom stereocenters. The van der Waals surface area contributed by atoms with Gasteiger partial charge in [-0.05, 0) is 37.3 Å². The van der Waals surface area contributed by atoms with E-state index in [1.165, 1.54) is 4.68 Å². The highest BCUT2D eigenvalue weighted by molar-refractivity contribution is 5.93. The molecule has 3 rings (SSSR count). The van der Waals surface area contributed by atoms with E-state index >= 15 is 0 Å². The van der Waals surface area contributed by atoms with Crippen LogP contribution in [0.2, 0.25) is 0 Å². The molecule has 2 amide bonds. The Hall–Kier alpha value is -3.48. The zero-order chi connectivity index (χ0) is 20.3. The lowest BCUT2D eigenvalue weighted by Gasteiger charge is -2.11. The summed E-state index contributed by atoms with van der Waals surface area (Å²) in [4.78, 5) is 36.6. The molecule has 7 nitrogen and oxygen atoms in total. The Morgan fingerprint density at radius 2 is 1.54 bits per heavy atom. The largest absolute Gasteiger partial charge is 0.326 e. The minimum Gasteiger partial charge on any atom is -0.326 e. The molecule has 0 saturated heterocycles. The summed E-state index contributed by atoms with van der Waals surface area (Å²) < 4.78 is 1.17. The number of hydrogen-bond acceptors (Lipinski definition) is 4. The highest BCUT2D eigenvalue weighted by atomic mass is 16.2. The summed E-state index contributed by atoms with van der Waals surface area (Å²) in [6.45, 7) is 5.25. The molecule has 0 aliphatic carbocycles. The van der Waals surface area contributed by atoms with E-state index in [2.05, 4.69) is 15.7 Å². The number of nitrogens with zero attached hydrogens (tertiary/aromatic N) is 2. The van der Waals surface area contributed by atoms with Crippen LogP contribution in [0.4, 0.5) is 11.4 Å². The number of nitrogens with one attached hydrogen (secondary N) is 2. The number of hydrogen-bond donors (Lipinski definition) is 2. The van der Waals surface area contributed by atoms with E-state index in [0.717, 1.165) is 5.39 Å². The average Bonchev–Trinajstić information content (AvgIpc) is 2.67. The van der Waals surface area contributed by atoms with Crippen LogP contribution >= 0.6 is 0 Å². The SMILES string of the molecule is Cc1nn(CC(=O)Nc2ccc(NC(=O)C(C)C)cc2)c(=O)c2ccccc12. The fourth-order valence-corrected chi connectivity index (χ4v) is 2.77. The first-order valence-electron chi connectivity index (χ1n) is 9.02. The minimum absolute atomic E-state index is 0.0751. The quantitative estimate of drug-likeness (QED) is 0.714. The topological polar surface area (TPSA) is 93.1 Å². The van der Waals surface area contributed by atoms with Crippen molar-refractivity contribution in [3.63, 3.8) is 0 Å². The van der Waals surface area contributed by atoms with Crippen molar-refractivity contribution in [2.75, 3.05) is 10.6 Å². The monoisotopic (exact) mass is 378 g/mol. The zero-order valence-electron chi connectivity index (χ0n) is 16.0. The third-order valence-corrected chi connectivity index (χ3v) is 4.31. The van der Waals surface area contributed by atoms with Crippen LogP contribution in [0.5, 0.6) is 0 Å². The predicted octanol–water partition coefficient (Wildman–Crippen LogP) is 2.94. The molecule has 0 saturated carbocycles. The van der Waals surface area contributed by atoms with Crippen LogP contribution in [0.1, 0.15) is 19.5 Å². The molecule has 0 fully saturated rings. The predicted molar refractivity (Wildman–Crippen MR) is 109 cm³/mol. The average molecular weight is 378 g/mol. The lowest BCUT2D eigenvalue weighted by Crippen LogP contribution is -2.30. The number of anilines is 2. The van der Waals surface area contributed by atoms with Gasteiger partial charge in [-0.1, -0.05) is 32.0 Å². The number of amides is 2. The van der Waals surface area contributed by atoms with Crippen molar-refractivity contribution in [3.8, 4) is 0 Å². The number of carbonyl (C=O) groups excluding carboxylic acids is 2. The molecule has 3 aromatic rings. The molecular weight excluding hydrogens is 356 g/mol. The molecule has 0 atom stereocenters. The molecule has 0 aliphatic rings. The Labute approximate surface area is 162 Å². The van der Waals surface area contributed by atoms with E-state index < -0.39 is 0 Å². The van der Waals surface area contributed by atoms with Gasteiger partial charge in [-0.25, -0.2) is 4.68 Å². The van der Waals surface area contributed by atoms with Gasteiger partial charge in [-0.3, -0.25) is 14.4 Å². The van der Waals surface area contributed by atoms with Crippen molar-refractivity contribution < 1.29 is 9.59 Å². The van der Waals surface area contributed by atoms with E-state index in [1.54, 1.807) is 43.3 Å². The Bertz CT molecular complexity index is 1080. The van der Waals surface area contributed by atoms with Crippen LogP contribution in [-0.2, 0) is 16.1 Å². The molecule has 2 N–H and O–H groups in total. The van der Waals surface area contributed by atoms with Crippen LogP contribution in [0.25, 0.3) is 10.8 Å². The molecule has 0 spiro atoms. The molecule has 7 heteroatoms. The van der Waals surface area contributed by atoms with Gasteiger partial charge in [0.2, 0.25) is 11.8 Å². The van der Waals surface area contributed by atoms with Gasteiger partial charge >= 0.3 is 0 Å². The maximum absolute atomic E-state index is 12.6. The minimum atomic E-state index is -0.358. The first kappa shape index (κ1) is 19.3. The summed E-state index contributed by atoms with van der Waals surface area (Å²) in [5.74, 6) is -0.548. The van der Waals surface area contributed by atoms with Gasteiger partial charge in [-0.2, -0.15) is 5.10 Å². The van der Waals surface area contributed by atoms with Gasteiger partial charge in [0, 0.05) is 22.7 Å². The Kier molecular flexibility index (Phi) is 5.54. The summed E-state index contributed by atoms with van der Waals surface area (Å²) >= 11 is 0. The molecular formula is C21H22N4O3. The van der Waals surface area contributed by atoms with Crippen molar-refractivity contribution >= 4 is 34.0 Å². The van der Waals surface area contributed by atoms with Gasteiger partial charge in [0.1, 0.15) is 6.54 Å². The van der Waals surface area contributed by atoms with Gasteiger partial charge in [0.15, 0.2) is 0 Å². The second-order valence-electron chi connectivity index (χ2n) is 6.86. The van der Waals surface area contributed by atoms with E-state index in [0.29, 0.717) is 22.5 Å². The number of aromatic nitrogens is 2. The fraction of sp³-hybridized carbons (Fsp3) is 0.238. The normalized spacial score (nSPS) is 10.9. The van der Waals surface area contributed by atoms with E-state index in [-0.39, 0.29) is 29.8 Å². The Balaban J connectivity index is 1.71. The number of rotatable bonds is 5. The third-order valence-electron chi connectivity index (χ3n) is 4.31. The fourth-order valence-electron chi connectivity index (χ4n) is 2.77. The van der Waals surface area contributed by atoms with Crippen molar-refractivity contribution in [2.24, 2.45) is 5.92 Å². The summed E-state index contributed by atoms with van der Waals surface area (Å²) in [6, 6.07) is 14.0. The molecule has 0 radical (unpaired) electrons. The standard InChI is InChI=1S/C21H22N4O3/c1-13(2)20(27)23-16-10-8-15(9-11-16)22-19(26)12-25-21(28)18-7-5-4-6-17(18)14(3)24-25/h4-11,13H,12H2,1-3H3,(H,22,26)(H,23,27). The molecule has 2 aromatic carbocycles. The number of carbonyl (C=O) groups is 2. The second kappa shape index (κ2) is 8.04. The molecule has 1 heterocycles. The van der Waals surface area contributed by atoms with Gasteiger partial charge in [0.05, 0.1) is 11.1 Å². The first-order chi connectivity index (χ1) is 13.3. The number of fused-ring (bicyclic) bond motifs is 1.